The largest absolute Gasteiger partial charge is 0.257 e. The van der Waals surface area contributed by atoms with Crippen LogP contribution < -0.4 is 15.7 Å². The molecule has 0 saturated carbocycles. The first kappa shape index (κ1) is 15.2. The van der Waals surface area contributed by atoms with Crippen LogP contribution in [0.5, 0.6) is 0 Å². The van der Waals surface area contributed by atoms with Crippen LogP contribution in [0, 0.1) is 13.8 Å². The Bertz CT molecular complexity index is 906. The molecule has 5 nitrogen and oxygen atoms in total. The van der Waals surface area contributed by atoms with Crippen LogP contribution in [0.4, 0.5) is 11.5 Å². The van der Waals surface area contributed by atoms with E-state index < -0.39 is 0 Å². The molecule has 1 aromatic heterocycles. The van der Waals surface area contributed by atoms with E-state index in [9.17, 15) is 0 Å². The van der Waals surface area contributed by atoms with Crippen molar-refractivity contribution < 1.29 is 0 Å². The number of hydrazone groups is 1. The van der Waals surface area contributed by atoms with Crippen molar-refractivity contribution in [2.45, 2.75) is 13.8 Å². The quantitative estimate of drug-likeness (QED) is 0.794. The molecule has 3 aromatic rings. The van der Waals surface area contributed by atoms with E-state index in [0.29, 0.717) is 0 Å². The number of benzene rings is 2. The summed E-state index contributed by atoms with van der Waals surface area (Å²) < 4.78 is 0. The highest BCUT2D eigenvalue weighted by atomic mass is 15.9. The van der Waals surface area contributed by atoms with Crippen LogP contribution in [-0.2, 0) is 0 Å². The fourth-order valence-electron chi connectivity index (χ4n) is 2.64. The van der Waals surface area contributed by atoms with E-state index in [1.165, 1.54) is 11.1 Å². The number of hydrazine groups is 2. The van der Waals surface area contributed by atoms with Crippen LogP contribution in [0.3, 0.4) is 0 Å². The smallest absolute Gasteiger partial charge is 0.176 e. The number of anilines is 2. The number of hydrogen-bond acceptors (Lipinski definition) is 5. The first-order valence-electron chi connectivity index (χ1n) is 8.21. The fourth-order valence-corrected chi connectivity index (χ4v) is 2.64. The molecule has 25 heavy (non-hydrogen) atoms. The Kier molecular flexibility index (Phi) is 3.82. The van der Waals surface area contributed by atoms with Crippen LogP contribution in [0.15, 0.2) is 78.0 Å². The Balaban J connectivity index is 1.76. The highest BCUT2D eigenvalue weighted by molar-refractivity contribution is 6.02. The average Bonchev–Trinajstić information content (AvgIpc) is 3.11. The van der Waals surface area contributed by atoms with E-state index in [1.807, 2.05) is 77.1 Å². The minimum Gasteiger partial charge on any atom is -0.257 e. The molecule has 0 atom stereocenters. The van der Waals surface area contributed by atoms with Gasteiger partial charge in [-0.1, -0.05) is 48.5 Å². The van der Waals surface area contributed by atoms with Crippen molar-refractivity contribution in [3.05, 3.63) is 89.6 Å². The van der Waals surface area contributed by atoms with Crippen molar-refractivity contribution in [1.29, 1.82) is 0 Å². The van der Waals surface area contributed by atoms with Crippen molar-refractivity contribution in [3.63, 3.8) is 0 Å². The summed E-state index contributed by atoms with van der Waals surface area (Å²) in [6.45, 7) is 4.15. The summed E-state index contributed by atoms with van der Waals surface area (Å²) in [6.07, 6.45) is 1.88. The van der Waals surface area contributed by atoms with Crippen molar-refractivity contribution in [2.24, 2.45) is 5.10 Å². The summed E-state index contributed by atoms with van der Waals surface area (Å²) in [4.78, 5) is 4.57. The number of rotatable bonds is 3. The average molecular weight is 329 g/mol. The number of amidine groups is 1. The second-order valence-electron chi connectivity index (χ2n) is 5.99. The number of pyridine rings is 1. The summed E-state index contributed by atoms with van der Waals surface area (Å²) in [5.41, 5.74) is 7.70. The predicted molar refractivity (Wildman–Crippen MR) is 101 cm³/mol. The molecule has 0 radical (unpaired) electrons. The summed E-state index contributed by atoms with van der Waals surface area (Å²) >= 11 is 0. The van der Waals surface area contributed by atoms with Crippen LogP contribution in [-0.4, -0.2) is 10.8 Å². The molecule has 1 aliphatic heterocycles. The number of hydrogen-bond donors (Lipinski definition) is 1. The lowest BCUT2D eigenvalue weighted by Gasteiger charge is -2.27. The first-order valence-corrected chi connectivity index (χ1v) is 8.21. The van der Waals surface area contributed by atoms with Gasteiger partial charge in [-0.25, -0.2) is 4.98 Å². The molecule has 0 amide bonds. The van der Waals surface area contributed by atoms with Gasteiger partial charge in [-0.3, -0.25) is 5.43 Å². The third-order valence-corrected chi connectivity index (χ3v) is 4.21. The zero-order valence-electron chi connectivity index (χ0n) is 14.2. The van der Waals surface area contributed by atoms with Crippen molar-refractivity contribution in [2.75, 3.05) is 10.2 Å². The molecule has 2 aromatic carbocycles. The molecule has 0 fully saturated rings. The molecule has 0 unspecified atom stereocenters. The topological polar surface area (TPSA) is 43.8 Å². The van der Waals surface area contributed by atoms with Crippen molar-refractivity contribution in [3.8, 4) is 0 Å². The molecular formula is C20H19N5. The van der Waals surface area contributed by atoms with Gasteiger partial charge in [0.15, 0.2) is 11.7 Å². The van der Waals surface area contributed by atoms with Crippen LogP contribution in [0.2, 0.25) is 0 Å². The minimum atomic E-state index is 0.782. The molecule has 1 N–H and O–H groups in total. The summed E-state index contributed by atoms with van der Waals surface area (Å²) in [5.74, 6) is 1.58. The molecule has 0 saturated heterocycles. The molecule has 0 spiro atoms. The standard InChI is InChI=1S/C20H19N5/c1-15-13-19(21-14-16(15)2)25-23-20(17-9-5-3-6-10-17)22-24(25)18-11-7-4-8-12-18/h3-14H,1-2H3,(H,22,23). The summed E-state index contributed by atoms with van der Waals surface area (Å²) in [5, 5.41) is 8.46. The van der Waals surface area contributed by atoms with Gasteiger partial charge >= 0.3 is 0 Å². The zero-order chi connectivity index (χ0) is 17.2. The second-order valence-corrected chi connectivity index (χ2v) is 5.99. The van der Waals surface area contributed by atoms with Gasteiger partial charge in [-0.2, -0.15) is 5.12 Å². The van der Waals surface area contributed by atoms with Gasteiger partial charge in [0.25, 0.3) is 0 Å². The third kappa shape index (κ3) is 2.92. The van der Waals surface area contributed by atoms with Gasteiger partial charge < -0.3 is 0 Å². The van der Waals surface area contributed by atoms with Crippen molar-refractivity contribution in [1.82, 2.24) is 10.4 Å². The molecule has 0 aliphatic carbocycles. The summed E-state index contributed by atoms with van der Waals surface area (Å²) in [6, 6.07) is 22.2. The lowest BCUT2D eigenvalue weighted by Crippen LogP contribution is -2.45. The molecule has 0 bridgehead atoms. The van der Waals surface area contributed by atoms with E-state index in [4.69, 9.17) is 5.10 Å². The second kappa shape index (κ2) is 6.28. The number of nitrogens with one attached hydrogen (secondary N) is 1. The highest BCUT2D eigenvalue weighted by Gasteiger charge is 2.27. The molecule has 2 heterocycles. The normalized spacial score (nSPS) is 13.6. The van der Waals surface area contributed by atoms with E-state index in [-0.39, 0.29) is 0 Å². The molecule has 5 heteroatoms. The van der Waals surface area contributed by atoms with Gasteiger partial charge in [0, 0.05) is 11.8 Å². The number of aryl methyl sites for hydroxylation is 2. The maximum atomic E-state index is 4.76. The van der Waals surface area contributed by atoms with Gasteiger partial charge in [0.1, 0.15) is 0 Å². The SMILES string of the molecule is Cc1cnc(N2NC(c3ccccc3)=NN2c2ccccc2)cc1C. The Labute approximate surface area is 147 Å². The lowest BCUT2D eigenvalue weighted by molar-refractivity contribution is 0.754. The Hall–Kier alpha value is -3.34. The zero-order valence-corrected chi connectivity index (χ0v) is 14.2. The maximum absolute atomic E-state index is 4.76. The van der Waals surface area contributed by atoms with E-state index >= 15 is 0 Å². The predicted octanol–water partition coefficient (Wildman–Crippen LogP) is 3.81. The Morgan fingerprint density at radius 1 is 0.840 bits per heavy atom. The number of aromatic nitrogens is 1. The molecular weight excluding hydrogens is 310 g/mol. The molecule has 124 valence electrons. The molecule has 1 aliphatic rings. The van der Waals surface area contributed by atoms with E-state index in [0.717, 1.165) is 22.9 Å². The van der Waals surface area contributed by atoms with Gasteiger partial charge in [-0.15, -0.1) is 10.2 Å². The van der Waals surface area contributed by atoms with Gasteiger partial charge in [0.2, 0.25) is 0 Å². The van der Waals surface area contributed by atoms with Crippen molar-refractivity contribution >= 4 is 17.3 Å². The highest BCUT2D eigenvalue weighted by Crippen LogP contribution is 2.25. The van der Waals surface area contributed by atoms with Crippen LogP contribution in [0.1, 0.15) is 16.7 Å². The molecule has 4 rings (SSSR count). The van der Waals surface area contributed by atoms with Gasteiger partial charge in [0.05, 0.1) is 5.69 Å². The van der Waals surface area contributed by atoms with E-state index in [1.54, 1.807) is 0 Å². The summed E-state index contributed by atoms with van der Waals surface area (Å²) in [7, 11) is 0. The minimum absolute atomic E-state index is 0.782. The van der Waals surface area contributed by atoms with Crippen LogP contribution >= 0.6 is 0 Å². The Morgan fingerprint density at radius 2 is 1.52 bits per heavy atom. The lowest BCUT2D eigenvalue weighted by atomic mass is 10.2. The monoisotopic (exact) mass is 329 g/mol. The number of nitrogens with zero attached hydrogens (tertiary/aromatic N) is 4. The fraction of sp³-hybridized carbons (Fsp3) is 0.100. The van der Waals surface area contributed by atoms with Crippen LogP contribution in [0.25, 0.3) is 0 Å². The first-order chi connectivity index (χ1) is 12.2. The maximum Gasteiger partial charge on any atom is 0.176 e. The van der Waals surface area contributed by atoms with E-state index in [2.05, 4.69) is 30.3 Å². The number of para-hydroxylation sites is 1. The Morgan fingerprint density at radius 3 is 2.20 bits per heavy atom. The van der Waals surface area contributed by atoms with Gasteiger partial charge in [-0.05, 0) is 43.2 Å². The third-order valence-electron chi connectivity index (χ3n) is 4.21.